The van der Waals surface area contributed by atoms with Crippen LogP contribution in [0.25, 0.3) is 0 Å². The first-order valence-electron chi connectivity index (χ1n) is 6.29. The second-order valence-corrected chi connectivity index (χ2v) is 4.40. The SMILES string of the molecule is NCCCC(N)COCc1ccc(OC(F)(F)F)cc1. The Kier molecular flexibility index (Phi) is 6.77. The summed E-state index contributed by atoms with van der Waals surface area (Å²) in [5, 5.41) is 0. The van der Waals surface area contributed by atoms with Gasteiger partial charge in [-0.2, -0.15) is 0 Å². The third kappa shape index (κ3) is 7.32. The number of nitrogens with two attached hydrogens (primary N) is 2. The average Bonchev–Trinajstić information content (AvgIpc) is 2.37. The number of hydrogen-bond donors (Lipinski definition) is 2. The summed E-state index contributed by atoms with van der Waals surface area (Å²) in [5.41, 5.74) is 11.9. The van der Waals surface area contributed by atoms with E-state index in [0.29, 0.717) is 19.8 Å². The van der Waals surface area contributed by atoms with E-state index in [1.165, 1.54) is 24.3 Å². The van der Waals surface area contributed by atoms with Gasteiger partial charge in [0.05, 0.1) is 13.2 Å². The van der Waals surface area contributed by atoms with Gasteiger partial charge in [0.1, 0.15) is 5.75 Å². The highest BCUT2D eigenvalue weighted by Crippen LogP contribution is 2.22. The van der Waals surface area contributed by atoms with Gasteiger partial charge < -0.3 is 20.9 Å². The van der Waals surface area contributed by atoms with Gasteiger partial charge in [-0.1, -0.05) is 12.1 Å². The highest BCUT2D eigenvalue weighted by Gasteiger charge is 2.30. The Labute approximate surface area is 115 Å². The maximum atomic E-state index is 12.0. The third-order valence-electron chi connectivity index (χ3n) is 2.54. The second-order valence-electron chi connectivity index (χ2n) is 4.40. The van der Waals surface area contributed by atoms with Gasteiger partial charge in [-0.3, -0.25) is 0 Å². The van der Waals surface area contributed by atoms with E-state index < -0.39 is 6.36 Å². The molecule has 1 rings (SSSR count). The molecule has 0 fully saturated rings. The first-order valence-corrected chi connectivity index (χ1v) is 6.29. The lowest BCUT2D eigenvalue weighted by atomic mass is 10.2. The first kappa shape index (κ1) is 16.7. The van der Waals surface area contributed by atoms with Crippen molar-refractivity contribution < 1.29 is 22.6 Å². The predicted molar refractivity (Wildman–Crippen MR) is 69.0 cm³/mol. The van der Waals surface area contributed by atoms with Crippen LogP contribution in [-0.4, -0.2) is 25.6 Å². The van der Waals surface area contributed by atoms with E-state index in [0.717, 1.165) is 18.4 Å². The lowest BCUT2D eigenvalue weighted by molar-refractivity contribution is -0.274. The van der Waals surface area contributed by atoms with E-state index in [9.17, 15) is 13.2 Å². The molecule has 0 saturated heterocycles. The van der Waals surface area contributed by atoms with Crippen LogP contribution in [0.5, 0.6) is 5.75 Å². The lowest BCUT2D eigenvalue weighted by Crippen LogP contribution is -2.26. The van der Waals surface area contributed by atoms with E-state index in [4.69, 9.17) is 16.2 Å². The fourth-order valence-electron chi connectivity index (χ4n) is 1.58. The molecule has 20 heavy (non-hydrogen) atoms. The summed E-state index contributed by atoms with van der Waals surface area (Å²) in [6, 6.07) is 5.46. The molecule has 0 saturated carbocycles. The van der Waals surface area contributed by atoms with Crippen molar-refractivity contribution in [1.82, 2.24) is 0 Å². The zero-order chi connectivity index (χ0) is 15.0. The van der Waals surface area contributed by atoms with Crippen LogP contribution in [0.3, 0.4) is 0 Å². The predicted octanol–water partition coefficient (Wildman–Crippen LogP) is 2.17. The average molecular weight is 292 g/mol. The molecule has 1 aromatic carbocycles. The van der Waals surface area contributed by atoms with Crippen molar-refractivity contribution >= 4 is 0 Å². The van der Waals surface area contributed by atoms with E-state index in [1.54, 1.807) is 0 Å². The maximum absolute atomic E-state index is 12.0. The Morgan fingerprint density at radius 3 is 2.35 bits per heavy atom. The Balaban J connectivity index is 2.31. The maximum Gasteiger partial charge on any atom is 0.573 e. The van der Waals surface area contributed by atoms with Crippen LogP contribution in [0.2, 0.25) is 0 Å². The summed E-state index contributed by atoms with van der Waals surface area (Å²) >= 11 is 0. The minimum Gasteiger partial charge on any atom is -0.406 e. The molecular formula is C13H19F3N2O2. The van der Waals surface area contributed by atoms with Crippen molar-refractivity contribution in [3.05, 3.63) is 29.8 Å². The zero-order valence-electron chi connectivity index (χ0n) is 11.0. The van der Waals surface area contributed by atoms with Crippen molar-refractivity contribution in [2.75, 3.05) is 13.2 Å². The fourth-order valence-corrected chi connectivity index (χ4v) is 1.58. The molecule has 0 heterocycles. The third-order valence-corrected chi connectivity index (χ3v) is 2.54. The van der Waals surface area contributed by atoms with Gasteiger partial charge in [0.15, 0.2) is 0 Å². The van der Waals surface area contributed by atoms with Crippen LogP contribution in [0, 0.1) is 0 Å². The molecule has 0 aliphatic heterocycles. The van der Waals surface area contributed by atoms with Crippen molar-refractivity contribution in [1.29, 1.82) is 0 Å². The molecule has 0 radical (unpaired) electrons. The van der Waals surface area contributed by atoms with E-state index in [2.05, 4.69) is 4.74 Å². The Morgan fingerprint density at radius 1 is 1.15 bits per heavy atom. The van der Waals surface area contributed by atoms with Gasteiger partial charge in [-0.25, -0.2) is 0 Å². The largest absolute Gasteiger partial charge is 0.573 e. The topological polar surface area (TPSA) is 70.5 Å². The smallest absolute Gasteiger partial charge is 0.406 e. The number of ether oxygens (including phenoxy) is 2. The van der Waals surface area contributed by atoms with Crippen LogP contribution < -0.4 is 16.2 Å². The number of rotatable bonds is 8. The Morgan fingerprint density at radius 2 is 1.80 bits per heavy atom. The monoisotopic (exact) mass is 292 g/mol. The highest BCUT2D eigenvalue weighted by molar-refractivity contribution is 5.27. The molecule has 0 aliphatic carbocycles. The standard InChI is InChI=1S/C13H19F3N2O2/c14-13(15,16)20-12-5-3-10(4-6-12)8-19-9-11(18)2-1-7-17/h3-6,11H,1-2,7-9,17-18H2. The van der Waals surface area contributed by atoms with Crippen molar-refractivity contribution in [3.63, 3.8) is 0 Å². The van der Waals surface area contributed by atoms with Crippen molar-refractivity contribution in [2.24, 2.45) is 11.5 Å². The van der Waals surface area contributed by atoms with Crippen LogP contribution in [0.4, 0.5) is 13.2 Å². The number of alkyl halides is 3. The van der Waals surface area contributed by atoms with E-state index in [1.807, 2.05) is 0 Å². The lowest BCUT2D eigenvalue weighted by Gasteiger charge is -2.12. The minimum atomic E-state index is -4.67. The number of hydrogen-bond acceptors (Lipinski definition) is 4. The summed E-state index contributed by atoms with van der Waals surface area (Å²) in [4.78, 5) is 0. The van der Waals surface area contributed by atoms with Gasteiger partial charge in [-0.15, -0.1) is 13.2 Å². The molecule has 4 N–H and O–H groups in total. The second kappa shape index (κ2) is 8.08. The van der Waals surface area contributed by atoms with Gasteiger partial charge in [-0.05, 0) is 37.1 Å². The van der Waals surface area contributed by atoms with Crippen LogP contribution >= 0.6 is 0 Å². The highest BCUT2D eigenvalue weighted by atomic mass is 19.4. The molecule has 114 valence electrons. The van der Waals surface area contributed by atoms with Gasteiger partial charge in [0, 0.05) is 6.04 Å². The van der Waals surface area contributed by atoms with Crippen LogP contribution in [-0.2, 0) is 11.3 Å². The van der Waals surface area contributed by atoms with Crippen molar-refractivity contribution in [3.8, 4) is 5.75 Å². The van der Waals surface area contributed by atoms with Crippen molar-refractivity contribution in [2.45, 2.75) is 31.9 Å². The molecule has 1 unspecified atom stereocenters. The first-order chi connectivity index (χ1) is 9.40. The fraction of sp³-hybridized carbons (Fsp3) is 0.538. The quantitative estimate of drug-likeness (QED) is 0.770. The summed E-state index contributed by atoms with van der Waals surface area (Å²) in [7, 11) is 0. The van der Waals surface area contributed by atoms with Gasteiger partial charge in [0.25, 0.3) is 0 Å². The number of benzene rings is 1. The summed E-state index contributed by atoms with van der Waals surface area (Å²) < 4.78 is 45.1. The summed E-state index contributed by atoms with van der Waals surface area (Å²) in [6.45, 7) is 1.28. The molecule has 4 nitrogen and oxygen atoms in total. The summed E-state index contributed by atoms with van der Waals surface area (Å²) in [6.07, 6.45) is -3.04. The molecule has 1 atom stereocenters. The molecule has 0 bridgehead atoms. The molecule has 1 aromatic rings. The molecule has 7 heteroatoms. The minimum absolute atomic E-state index is 0.0774. The number of halogens is 3. The van der Waals surface area contributed by atoms with Gasteiger partial charge >= 0.3 is 6.36 Å². The molecule has 0 aromatic heterocycles. The van der Waals surface area contributed by atoms with Crippen LogP contribution in [0.15, 0.2) is 24.3 Å². The Hall–Kier alpha value is -1.31. The molecule has 0 spiro atoms. The molecule has 0 aliphatic rings. The Bertz CT molecular complexity index is 382. The van der Waals surface area contributed by atoms with Gasteiger partial charge in [0.2, 0.25) is 0 Å². The summed E-state index contributed by atoms with van der Waals surface area (Å²) in [5.74, 6) is -0.249. The normalized spacial score (nSPS) is 13.2. The zero-order valence-corrected chi connectivity index (χ0v) is 11.0. The molecule has 0 amide bonds. The molecular weight excluding hydrogens is 273 g/mol. The van der Waals surface area contributed by atoms with Crippen LogP contribution in [0.1, 0.15) is 18.4 Å². The van der Waals surface area contributed by atoms with E-state index in [-0.39, 0.29) is 11.8 Å². The van der Waals surface area contributed by atoms with E-state index >= 15 is 0 Å².